The molecular formula is C17H25FN2O2. The van der Waals surface area contributed by atoms with E-state index in [4.69, 9.17) is 0 Å². The highest BCUT2D eigenvalue weighted by Crippen LogP contribution is 2.20. The van der Waals surface area contributed by atoms with Crippen LogP contribution in [0.2, 0.25) is 0 Å². The number of aliphatic hydroxyl groups is 1. The van der Waals surface area contributed by atoms with E-state index in [1.54, 1.807) is 19.1 Å². The first-order valence-corrected chi connectivity index (χ1v) is 8.01. The van der Waals surface area contributed by atoms with Crippen molar-refractivity contribution in [2.24, 2.45) is 0 Å². The molecule has 1 fully saturated rings. The molecule has 3 unspecified atom stereocenters. The first-order valence-electron chi connectivity index (χ1n) is 8.01. The smallest absolute Gasteiger partial charge is 0.237 e. The van der Waals surface area contributed by atoms with Crippen LogP contribution in [0.3, 0.4) is 0 Å². The zero-order valence-corrected chi connectivity index (χ0v) is 13.3. The molecule has 0 aromatic heterocycles. The summed E-state index contributed by atoms with van der Waals surface area (Å²) in [7, 11) is 0. The monoisotopic (exact) mass is 308 g/mol. The van der Waals surface area contributed by atoms with Gasteiger partial charge in [-0.3, -0.25) is 9.69 Å². The van der Waals surface area contributed by atoms with Gasteiger partial charge in [-0.2, -0.15) is 0 Å². The van der Waals surface area contributed by atoms with Gasteiger partial charge in [-0.1, -0.05) is 19.1 Å². The minimum absolute atomic E-state index is 0.0281. The molecule has 0 aliphatic carbocycles. The Morgan fingerprint density at radius 3 is 2.77 bits per heavy atom. The van der Waals surface area contributed by atoms with E-state index in [1.165, 1.54) is 12.1 Å². The third-order valence-corrected chi connectivity index (χ3v) is 4.23. The van der Waals surface area contributed by atoms with Gasteiger partial charge in [-0.25, -0.2) is 4.39 Å². The lowest BCUT2D eigenvalue weighted by molar-refractivity contribution is -0.126. The molecule has 0 radical (unpaired) electrons. The largest absolute Gasteiger partial charge is 0.386 e. The quantitative estimate of drug-likeness (QED) is 0.847. The Hall–Kier alpha value is -1.46. The van der Waals surface area contributed by atoms with Gasteiger partial charge in [0.05, 0.1) is 18.2 Å². The predicted molar refractivity (Wildman–Crippen MR) is 83.9 cm³/mol. The number of rotatable bonds is 6. The summed E-state index contributed by atoms with van der Waals surface area (Å²) in [4.78, 5) is 14.6. The average Bonchev–Trinajstić information content (AvgIpc) is 2.96. The number of likely N-dealkylation sites (tertiary alicyclic amines) is 1. The standard InChI is InChI=1S/C17H25FN2O2/c1-3-10-20-11-4-5-15(20)17(22)19-12(2)16(21)13-6-8-14(18)9-7-13/h6-9,12,15-16,21H,3-5,10-11H2,1-2H3,(H,19,22). The summed E-state index contributed by atoms with van der Waals surface area (Å²) in [5, 5.41) is 13.2. The van der Waals surface area contributed by atoms with E-state index in [0.717, 1.165) is 32.4 Å². The molecule has 0 spiro atoms. The third-order valence-electron chi connectivity index (χ3n) is 4.23. The van der Waals surface area contributed by atoms with Gasteiger partial charge < -0.3 is 10.4 Å². The van der Waals surface area contributed by atoms with Gasteiger partial charge in [0.15, 0.2) is 0 Å². The van der Waals surface area contributed by atoms with Crippen molar-refractivity contribution in [1.82, 2.24) is 10.2 Å². The summed E-state index contributed by atoms with van der Waals surface area (Å²) >= 11 is 0. The van der Waals surface area contributed by atoms with Gasteiger partial charge in [0.25, 0.3) is 0 Å². The number of hydrogen-bond acceptors (Lipinski definition) is 3. The van der Waals surface area contributed by atoms with E-state index in [1.807, 2.05) is 0 Å². The van der Waals surface area contributed by atoms with Gasteiger partial charge in [0.2, 0.25) is 5.91 Å². The summed E-state index contributed by atoms with van der Waals surface area (Å²) in [5.74, 6) is -0.367. The maximum atomic E-state index is 12.9. The number of benzene rings is 1. The molecule has 122 valence electrons. The second kappa shape index (κ2) is 7.70. The molecule has 1 aromatic rings. The summed E-state index contributed by atoms with van der Waals surface area (Å²) in [6.45, 7) is 5.76. The predicted octanol–water partition coefficient (Wildman–Crippen LogP) is 2.24. The molecule has 1 saturated heterocycles. The van der Waals surface area contributed by atoms with E-state index < -0.39 is 12.1 Å². The normalized spacial score (nSPS) is 21.5. The molecule has 22 heavy (non-hydrogen) atoms. The van der Waals surface area contributed by atoms with Crippen molar-refractivity contribution in [3.8, 4) is 0 Å². The second-order valence-corrected chi connectivity index (χ2v) is 5.99. The van der Waals surface area contributed by atoms with Gasteiger partial charge in [0.1, 0.15) is 5.82 Å². The summed E-state index contributed by atoms with van der Waals surface area (Å²) in [5.41, 5.74) is 0.603. The topological polar surface area (TPSA) is 52.6 Å². The maximum absolute atomic E-state index is 12.9. The molecule has 1 heterocycles. The average molecular weight is 308 g/mol. The van der Waals surface area contributed by atoms with Crippen LogP contribution in [0, 0.1) is 5.82 Å². The maximum Gasteiger partial charge on any atom is 0.237 e. The fourth-order valence-corrected chi connectivity index (χ4v) is 3.03. The fraction of sp³-hybridized carbons (Fsp3) is 0.588. The lowest BCUT2D eigenvalue weighted by Crippen LogP contribution is -2.47. The number of halogens is 1. The Morgan fingerprint density at radius 1 is 1.45 bits per heavy atom. The Morgan fingerprint density at radius 2 is 2.14 bits per heavy atom. The molecule has 5 heteroatoms. The summed E-state index contributed by atoms with van der Waals surface area (Å²) in [6.07, 6.45) is 2.08. The van der Waals surface area contributed by atoms with Crippen LogP contribution in [0.5, 0.6) is 0 Å². The SMILES string of the molecule is CCCN1CCCC1C(=O)NC(C)C(O)c1ccc(F)cc1. The van der Waals surface area contributed by atoms with Crippen LogP contribution in [0.1, 0.15) is 44.8 Å². The molecule has 1 aromatic carbocycles. The van der Waals surface area contributed by atoms with Crippen LogP contribution in [-0.2, 0) is 4.79 Å². The van der Waals surface area contributed by atoms with E-state index in [9.17, 15) is 14.3 Å². The highest BCUT2D eigenvalue weighted by molar-refractivity contribution is 5.82. The van der Waals surface area contributed by atoms with Crippen molar-refractivity contribution < 1.29 is 14.3 Å². The first-order chi connectivity index (χ1) is 10.5. The molecule has 2 rings (SSSR count). The Bertz CT molecular complexity index is 492. The molecule has 4 nitrogen and oxygen atoms in total. The van der Waals surface area contributed by atoms with Gasteiger partial charge >= 0.3 is 0 Å². The summed E-state index contributed by atoms with van der Waals surface area (Å²) < 4.78 is 12.9. The highest BCUT2D eigenvalue weighted by Gasteiger charge is 2.31. The van der Waals surface area contributed by atoms with Gasteiger partial charge in [-0.15, -0.1) is 0 Å². The molecule has 0 saturated carbocycles. The zero-order valence-electron chi connectivity index (χ0n) is 13.3. The molecule has 1 amide bonds. The molecule has 2 N–H and O–H groups in total. The van der Waals surface area contributed by atoms with Crippen molar-refractivity contribution in [3.05, 3.63) is 35.6 Å². The lowest BCUT2D eigenvalue weighted by Gasteiger charge is -2.26. The van der Waals surface area contributed by atoms with Crippen molar-refractivity contribution in [2.75, 3.05) is 13.1 Å². The van der Waals surface area contributed by atoms with Crippen LogP contribution < -0.4 is 5.32 Å². The van der Waals surface area contributed by atoms with Crippen molar-refractivity contribution in [3.63, 3.8) is 0 Å². The Kier molecular flexibility index (Phi) is 5.91. The number of carbonyl (C=O) groups is 1. The second-order valence-electron chi connectivity index (χ2n) is 5.99. The van der Waals surface area contributed by atoms with Crippen LogP contribution in [0.4, 0.5) is 4.39 Å². The number of hydrogen-bond donors (Lipinski definition) is 2. The van der Waals surface area contributed by atoms with Gasteiger partial charge in [-0.05, 0) is 57.0 Å². The van der Waals surface area contributed by atoms with Crippen LogP contribution in [0.25, 0.3) is 0 Å². The molecule has 1 aliphatic rings. The number of nitrogens with zero attached hydrogens (tertiary/aromatic N) is 1. The molecular weight excluding hydrogens is 283 g/mol. The third kappa shape index (κ3) is 4.05. The van der Waals surface area contributed by atoms with E-state index in [0.29, 0.717) is 5.56 Å². The highest BCUT2D eigenvalue weighted by atomic mass is 19.1. The fourth-order valence-electron chi connectivity index (χ4n) is 3.03. The number of nitrogens with one attached hydrogen (secondary N) is 1. The Labute approximate surface area is 131 Å². The first kappa shape index (κ1) is 16.9. The van der Waals surface area contributed by atoms with E-state index in [-0.39, 0.29) is 17.8 Å². The molecule has 1 aliphatic heterocycles. The molecule has 0 bridgehead atoms. The lowest BCUT2D eigenvalue weighted by atomic mass is 10.0. The minimum Gasteiger partial charge on any atom is -0.386 e. The van der Waals surface area contributed by atoms with Crippen LogP contribution in [0.15, 0.2) is 24.3 Å². The molecule has 3 atom stereocenters. The van der Waals surface area contributed by atoms with E-state index >= 15 is 0 Å². The minimum atomic E-state index is -0.842. The van der Waals surface area contributed by atoms with Crippen LogP contribution in [-0.4, -0.2) is 41.1 Å². The van der Waals surface area contributed by atoms with E-state index in [2.05, 4.69) is 17.1 Å². The Balaban J connectivity index is 1.94. The van der Waals surface area contributed by atoms with Crippen LogP contribution >= 0.6 is 0 Å². The zero-order chi connectivity index (χ0) is 16.1. The van der Waals surface area contributed by atoms with Crippen molar-refractivity contribution in [1.29, 1.82) is 0 Å². The summed E-state index contributed by atoms with van der Waals surface area (Å²) in [6, 6.07) is 5.20. The number of amides is 1. The van der Waals surface area contributed by atoms with Crippen molar-refractivity contribution >= 4 is 5.91 Å². The number of carbonyl (C=O) groups excluding carboxylic acids is 1. The number of aliphatic hydroxyl groups excluding tert-OH is 1. The van der Waals surface area contributed by atoms with Gasteiger partial charge in [0, 0.05) is 0 Å². The van der Waals surface area contributed by atoms with Crippen molar-refractivity contribution in [2.45, 2.75) is 51.3 Å².